The van der Waals surface area contributed by atoms with Crippen molar-refractivity contribution < 1.29 is 13.2 Å². The van der Waals surface area contributed by atoms with E-state index in [1.807, 2.05) is 4.90 Å². The molecule has 11 heteroatoms. The van der Waals surface area contributed by atoms with Gasteiger partial charge in [-0.25, -0.2) is 13.1 Å². The van der Waals surface area contributed by atoms with E-state index in [0.29, 0.717) is 54.6 Å². The lowest BCUT2D eigenvalue weighted by molar-refractivity contribution is -0.129. The molecule has 1 aromatic heterocycles. The normalized spacial score (nSPS) is 12.2. The quantitative estimate of drug-likeness (QED) is 0.355. The van der Waals surface area contributed by atoms with Crippen LogP contribution in [0.3, 0.4) is 0 Å². The minimum atomic E-state index is -3.61. The summed E-state index contributed by atoms with van der Waals surface area (Å²) in [7, 11) is -3.61. The average Bonchev–Trinajstić information content (AvgIpc) is 3.12. The number of aromatic nitrogens is 3. The molecule has 0 fully saturated rings. The lowest BCUT2D eigenvalue weighted by atomic mass is 10.1. The Bertz CT molecular complexity index is 1020. The molecule has 184 valence electrons. The van der Waals surface area contributed by atoms with Crippen molar-refractivity contribution >= 4 is 27.7 Å². The molecule has 1 amide bonds. The molecule has 0 saturated carbocycles. The molecule has 0 aliphatic rings. The number of benzene rings is 1. The Morgan fingerprint density at radius 1 is 1.09 bits per heavy atom. The second-order valence-electron chi connectivity index (χ2n) is 8.67. The van der Waals surface area contributed by atoms with Gasteiger partial charge in [0.1, 0.15) is 0 Å². The Labute approximate surface area is 201 Å². The van der Waals surface area contributed by atoms with E-state index in [9.17, 15) is 13.2 Å². The van der Waals surface area contributed by atoms with Gasteiger partial charge in [0.2, 0.25) is 21.1 Å². The molecule has 0 saturated heterocycles. The number of thioether (sulfide) groups is 1. The summed E-state index contributed by atoms with van der Waals surface area (Å²) in [5.74, 6) is 7.53. The summed E-state index contributed by atoms with van der Waals surface area (Å²) in [5.41, 5.74) is 0.539. The molecule has 2 rings (SSSR count). The first-order valence-corrected chi connectivity index (χ1v) is 13.6. The number of nitrogens with two attached hydrogens (primary N) is 1. The van der Waals surface area contributed by atoms with Crippen LogP contribution in [0, 0.1) is 11.8 Å². The molecule has 1 aromatic carbocycles. The third-order valence-electron chi connectivity index (χ3n) is 4.95. The van der Waals surface area contributed by atoms with Crippen LogP contribution in [0.5, 0.6) is 0 Å². The van der Waals surface area contributed by atoms with Gasteiger partial charge in [-0.2, -0.15) is 4.31 Å². The fourth-order valence-electron chi connectivity index (χ4n) is 3.46. The fraction of sp³-hybridized carbons (Fsp3) is 0.591. The van der Waals surface area contributed by atoms with Crippen LogP contribution in [-0.4, -0.2) is 70.3 Å². The van der Waals surface area contributed by atoms with Gasteiger partial charge in [0.25, 0.3) is 0 Å². The van der Waals surface area contributed by atoms with Gasteiger partial charge in [0, 0.05) is 31.7 Å². The van der Waals surface area contributed by atoms with E-state index in [1.54, 1.807) is 38.1 Å². The maximum atomic E-state index is 12.9. The van der Waals surface area contributed by atoms with Gasteiger partial charge < -0.3 is 10.7 Å². The number of carbonyl (C=O) groups is 1. The van der Waals surface area contributed by atoms with Gasteiger partial charge in [-0.3, -0.25) is 4.79 Å². The molecule has 0 bridgehead atoms. The Balaban J connectivity index is 2.21. The highest BCUT2D eigenvalue weighted by Gasteiger charge is 2.23. The van der Waals surface area contributed by atoms with Crippen LogP contribution in [0.2, 0.25) is 0 Å². The monoisotopic (exact) mass is 496 g/mol. The Hall–Kier alpha value is -2.11. The van der Waals surface area contributed by atoms with Crippen molar-refractivity contribution in [1.82, 2.24) is 24.1 Å². The Morgan fingerprint density at radius 3 is 2.24 bits per heavy atom. The number of hydrogen-bond acceptors (Lipinski definition) is 7. The standard InChI is InChI=1S/C22H36N6O3S2/c1-7-27(8-2)33(30,31)19-11-9-10-18(12-19)21-24-25-22(28(21)23)32-15-20(29)26(13-16(3)4)14-17(5)6/h9-12,16-17H,7-8,13-15,23H2,1-6H3. The largest absolute Gasteiger partial charge is 0.341 e. The van der Waals surface area contributed by atoms with Crippen LogP contribution in [0.25, 0.3) is 11.4 Å². The van der Waals surface area contributed by atoms with Crippen molar-refractivity contribution in [2.24, 2.45) is 11.8 Å². The second-order valence-corrected chi connectivity index (χ2v) is 11.5. The highest BCUT2D eigenvalue weighted by Crippen LogP contribution is 2.25. The number of nitrogen functional groups attached to an aromatic ring is 1. The van der Waals surface area contributed by atoms with E-state index >= 15 is 0 Å². The molecule has 33 heavy (non-hydrogen) atoms. The highest BCUT2D eigenvalue weighted by molar-refractivity contribution is 7.99. The van der Waals surface area contributed by atoms with Crippen molar-refractivity contribution in [1.29, 1.82) is 0 Å². The van der Waals surface area contributed by atoms with E-state index in [2.05, 4.69) is 37.9 Å². The van der Waals surface area contributed by atoms with Crippen LogP contribution in [-0.2, 0) is 14.8 Å². The van der Waals surface area contributed by atoms with Crippen LogP contribution >= 0.6 is 11.8 Å². The van der Waals surface area contributed by atoms with E-state index < -0.39 is 10.0 Å². The predicted molar refractivity (Wildman–Crippen MR) is 133 cm³/mol. The lowest BCUT2D eigenvalue weighted by Gasteiger charge is -2.26. The third-order valence-corrected chi connectivity index (χ3v) is 7.92. The maximum Gasteiger partial charge on any atom is 0.243 e. The molecule has 0 radical (unpaired) electrons. The molecule has 9 nitrogen and oxygen atoms in total. The molecule has 2 N–H and O–H groups in total. The topological polar surface area (TPSA) is 114 Å². The van der Waals surface area contributed by atoms with E-state index in [4.69, 9.17) is 5.84 Å². The zero-order valence-electron chi connectivity index (χ0n) is 20.4. The molecule has 0 atom stereocenters. The summed E-state index contributed by atoms with van der Waals surface area (Å²) < 4.78 is 28.4. The number of hydrogen-bond donors (Lipinski definition) is 1. The van der Waals surface area contributed by atoms with Crippen molar-refractivity contribution in [3.63, 3.8) is 0 Å². The van der Waals surface area contributed by atoms with Crippen LogP contribution in [0.4, 0.5) is 0 Å². The minimum absolute atomic E-state index is 0.0271. The van der Waals surface area contributed by atoms with E-state index in [1.165, 1.54) is 20.7 Å². The van der Waals surface area contributed by atoms with Crippen LogP contribution < -0.4 is 5.84 Å². The summed E-state index contributed by atoms with van der Waals surface area (Å²) in [5, 5.41) is 8.67. The van der Waals surface area contributed by atoms with Crippen molar-refractivity contribution in [2.75, 3.05) is 37.8 Å². The summed E-state index contributed by atoms with van der Waals surface area (Å²) in [6.45, 7) is 14.1. The fourth-order valence-corrected chi connectivity index (χ4v) is 5.72. The van der Waals surface area contributed by atoms with Gasteiger partial charge >= 0.3 is 0 Å². The van der Waals surface area contributed by atoms with Gasteiger partial charge in [0.15, 0.2) is 5.82 Å². The van der Waals surface area contributed by atoms with Gasteiger partial charge in [-0.1, -0.05) is 65.4 Å². The van der Waals surface area contributed by atoms with Gasteiger partial charge in [0.05, 0.1) is 10.6 Å². The van der Waals surface area contributed by atoms with E-state index in [-0.39, 0.29) is 16.6 Å². The first kappa shape index (κ1) is 27.1. The van der Waals surface area contributed by atoms with Gasteiger partial charge in [-0.05, 0) is 24.0 Å². The van der Waals surface area contributed by atoms with Crippen molar-refractivity contribution in [2.45, 2.75) is 51.6 Å². The Kier molecular flexibility index (Phi) is 9.74. The minimum Gasteiger partial charge on any atom is -0.341 e. The maximum absolute atomic E-state index is 12.9. The smallest absolute Gasteiger partial charge is 0.243 e. The molecule has 2 aromatic rings. The first-order valence-electron chi connectivity index (χ1n) is 11.2. The summed E-state index contributed by atoms with van der Waals surface area (Å²) >= 11 is 1.22. The summed E-state index contributed by atoms with van der Waals surface area (Å²) in [6.07, 6.45) is 0. The first-order chi connectivity index (χ1) is 15.5. The number of rotatable bonds is 12. The predicted octanol–water partition coefficient (Wildman–Crippen LogP) is 2.92. The molecule has 1 heterocycles. The molecular weight excluding hydrogens is 460 g/mol. The highest BCUT2D eigenvalue weighted by atomic mass is 32.2. The lowest BCUT2D eigenvalue weighted by Crippen LogP contribution is -2.38. The van der Waals surface area contributed by atoms with Crippen molar-refractivity contribution in [3.8, 4) is 11.4 Å². The van der Waals surface area contributed by atoms with E-state index in [0.717, 1.165) is 0 Å². The summed E-state index contributed by atoms with van der Waals surface area (Å²) in [4.78, 5) is 14.8. The molecule has 0 unspecified atom stereocenters. The van der Waals surface area contributed by atoms with Crippen LogP contribution in [0.1, 0.15) is 41.5 Å². The SMILES string of the molecule is CCN(CC)S(=O)(=O)c1cccc(-c2nnc(SCC(=O)N(CC(C)C)CC(C)C)n2N)c1. The number of nitrogens with zero attached hydrogens (tertiary/aromatic N) is 5. The number of sulfonamides is 1. The number of carbonyl (C=O) groups excluding carboxylic acids is 1. The van der Waals surface area contributed by atoms with Crippen LogP contribution in [0.15, 0.2) is 34.3 Å². The zero-order chi connectivity index (χ0) is 24.8. The molecule has 0 aliphatic carbocycles. The molecule has 0 spiro atoms. The molecular formula is C22H36N6O3S2. The third kappa shape index (κ3) is 6.94. The van der Waals surface area contributed by atoms with Crippen molar-refractivity contribution in [3.05, 3.63) is 24.3 Å². The summed E-state index contributed by atoms with van der Waals surface area (Å²) in [6, 6.07) is 6.50. The number of amides is 1. The van der Waals surface area contributed by atoms with Gasteiger partial charge in [-0.15, -0.1) is 10.2 Å². The Morgan fingerprint density at radius 2 is 1.70 bits per heavy atom. The second kappa shape index (κ2) is 11.8. The zero-order valence-corrected chi connectivity index (χ0v) is 22.0. The average molecular weight is 497 g/mol. The molecule has 0 aliphatic heterocycles.